The average molecular weight is 399 g/mol. The second kappa shape index (κ2) is 6.64. The van der Waals surface area contributed by atoms with Gasteiger partial charge in [-0.25, -0.2) is 0 Å². The fourth-order valence-corrected chi connectivity index (χ4v) is 4.46. The summed E-state index contributed by atoms with van der Waals surface area (Å²) in [6.07, 6.45) is 0. The van der Waals surface area contributed by atoms with Crippen LogP contribution < -0.4 is 0 Å². The Kier molecular flexibility index (Phi) is 4.07. The lowest BCUT2D eigenvalue weighted by molar-refractivity contribution is 0.0943. The van der Waals surface area contributed by atoms with Gasteiger partial charge in [0.2, 0.25) is 5.91 Å². The zero-order valence-corrected chi connectivity index (χ0v) is 16.9. The average Bonchev–Trinajstić information content (AvgIpc) is 3.23. The van der Waals surface area contributed by atoms with E-state index in [9.17, 15) is 4.79 Å². The van der Waals surface area contributed by atoms with E-state index in [1.54, 1.807) is 11.5 Å². The number of hydrogen-bond donors (Lipinski definition) is 0. The molecule has 3 nitrogen and oxygen atoms in total. The molecule has 4 heteroatoms. The molecule has 0 amide bonds. The van der Waals surface area contributed by atoms with Crippen molar-refractivity contribution in [3.8, 4) is 22.5 Å². The maximum Gasteiger partial charge on any atom is 0.228 e. The van der Waals surface area contributed by atoms with Gasteiger partial charge in [0.05, 0.1) is 16.9 Å². The molecule has 5 rings (SSSR count). The number of carbonyl (C=O) groups excluding carboxylic acids is 1. The van der Waals surface area contributed by atoms with Crippen LogP contribution in [0.2, 0.25) is 5.02 Å². The molecule has 142 valence electrons. The van der Waals surface area contributed by atoms with Crippen LogP contribution in [0.25, 0.3) is 44.3 Å². The predicted octanol–water partition coefficient (Wildman–Crippen LogP) is 6.78. The van der Waals surface area contributed by atoms with E-state index in [-0.39, 0.29) is 5.91 Å². The molecule has 0 spiro atoms. The number of fused-ring (bicyclic) bond motifs is 2. The van der Waals surface area contributed by atoms with Crippen LogP contribution in [0.1, 0.15) is 11.7 Å². The van der Waals surface area contributed by atoms with Gasteiger partial charge in [-0.1, -0.05) is 60.1 Å². The Labute approximate surface area is 173 Å². The molecule has 0 aliphatic rings. The third-order valence-electron chi connectivity index (χ3n) is 5.49. The molecule has 0 saturated heterocycles. The first-order chi connectivity index (χ1) is 14.1. The van der Waals surface area contributed by atoms with Crippen molar-refractivity contribution in [3.63, 3.8) is 0 Å². The Hall–Kier alpha value is -3.30. The lowest BCUT2D eigenvalue weighted by Crippen LogP contribution is -2.07. The van der Waals surface area contributed by atoms with Gasteiger partial charge in [-0.2, -0.15) is 0 Å². The number of aromatic nitrogens is 2. The van der Waals surface area contributed by atoms with Crippen molar-refractivity contribution in [2.24, 2.45) is 7.05 Å². The molecule has 0 atom stereocenters. The van der Waals surface area contributed by atoms with Crippen molar-refractivity contribution in [1.29, 1.82) is 0 Å². The smallest absolute Gasteiger partial charge is 0.228 e. The predicted molar refractivity (Wildman–Crippen MR) is 121 cm³/mol. The Morgan fingerprint density at radius 2 is 1.59 bits per heavy atom. The molecule has 0 bridgehead atoms. The second-order valence-corrected chi connectivity index (χ2v) is 7.69. The van der Waals surface area contributed by atoms with E-state index in [0.29, 0.717) is 5.02 Å². The highest BCUT2D eigenvalue weighted by Gasteiger charge is 2.23. The fourth-order valence-electron chi connectivity index (χ4n) is 4.29. The van der Waals surface area contributed by atoms with Gasteiger partial charge in [0, 0.05) is 40.8 Å². The summed E-state index contributed by atoms with van der Waals surface area (Å²) < 4.78 is 3.98. The quantitative estimate of drug-likeness (QED) is 0.322. The molecule has 2 aromatic heterocycles. The largest absolute Gasteiger partial charge is 0.343 e. The van der Waals surface area contributed by atoms with Crippen LogP contribution >= 0.6 is 11.6 Å². The molecule has 0 radical (unpaired) electrons. The monoisotopic (exact) mass is 398 g/mol. The first-order valence-electron chi connectivity index (χ1n) is 9.51. The van der Waals surface area contributed by atoms with E-state index in [4.69, 9.17) is 11.6 Å². The lowest BCUT2D eigenvalue weighted by atomic mass is 10.0. The summed E-state index contributed by atoms with van der Waals surface area (Å²) in [4.78, 5) is 12.7. The van der Waals surface area contributed by atoms with Crippen LogP contribution in [-0.4, -0.2) is 15.0 Å². The van der Waals surface area contributed by atoms with E-state index in [0.717, 1.165) is 44.3 Å². The number of hydrogen-bond acceptors (Lipinski definition) is 1. The summed E-state index contributed by atoms with van der Waals surface area (Å²) >= 11 is 6.38. The first-order valence-corrected chi connectivity index (χ1v) is 9.89. The summed E-state index contributed by atoms with van der Waals surface area (Å²) in [7, 11) is 2.06. The number of aryl methyl sites for hydroxylation is 1. The lowest BCUT2D eigenvalue weighted by Gasteiger charge is -2.11. The molecule has 29 heavy (non-hydrogen) atoms. The van der Waals surface area contributed by atoms with Gasteiger partial charge in [0.25, 0.3) is 0 Å². The minimum Gasteiger partial charge on any atom is -0.343 e. The fraction of sp³-hybridized carbons (Fsp3) is 0.0800. The van der Waals surface area contributed by atoms with E-state index in [1.165, 1.54) is 0 Å². The van der Waals surface area contributed by atoms with E-state index in [1.807, 2.05) is 60.7 Å². The second-order valence-electron chi connectivity index (χ2n) is 7.25. The van der Waals surface area contributed by atoms with Crippen molar-refractivity contribution in [3.05, 3.63) is 83.9 Å². The zero-order chi connectivity index (χ0) is 20.1. The topological polar surface area (TPSA) is 26.9 Å². The van der Waals surface area contributed by atoms with Gasteiger partial charge < -0.3 is 4.57 Å². The summed E-state index contributed by atoms with van der Waals surface area (Å²) in [6, 6.07) is 26.3. The highest BCUT2D eigenvalue weighted by molar-refractivity contribution is 6.31. The van der Waals surface area contributed by atoms with Crippen LogP contribution in [0, 0.1) is 0 Å². The van der Waals surface area contributed by atoms with Gasteiger partial charge in [-0.15, -0.1) is 0 Å². The van der Waals surface area contributed by atoms with Gasteiger partial charge in [-0.3, -0.25) is 9.36 Å². The van der Waals surface area contributed by atoms with Crippen LogP contribution in [0.3, 0.4) is 0 Å². The van der Waals surface area contributed by atoms with Crippen molar-refractivity contribution >= 4 is 39.3 Å². The van der Waals surface area contributed by atoms with Crippen LogP contribution in [0.5, 0.6) is 0 Å². The van der Waals surface area contributed by atoms with E-state index >= 15 is 0 Å². The van der Waals surface area contributed by atoms with Gasteiger partial charge in [0.1, 0.15) is 0 Å². The summed E-state index contributed by atoms with van der Waals surface area (Å²) in [6.45, 7) is 1.61. The van der Waals surface area contributed by atoms with Crippen molar-refractivity contribution < 1.29 is 4.79 Å². The van der Waals surface area contributed by atoms with Crippen molar-refractivity contribution in [2.45, 2.75) is 6.92 Å². The molecule has 0 aliphatic heterocycles. The SMILES string of the molecule is CC(=O)n1c(-c2c(-c3ccccc3)n(C)c3ccc(Cl)cc23)cc2ccccc21. The molecule has 0 unspecified atom stereocenters. The Bertz CT molecular complexity index is 1390. The summed E-state index contributed by atoms with van der Waals surface area (Å²) in [5.41, 5.74) is 6.04. The highest BCUT2D eigenvalue weighted by atomic mass is 35.5. The first kappa shape index (κ1) is 17.8. The number of carbonyl (C=O) groups is 1. The Balaban J connectivity index is 1.98. The Morgan fingerprint density at radius 3 is 2.34 bits per heavy atom. The van der Waals surface area contributed by atoms with Gasteiger partial charge in [0.15, 0.2) is 0 Å². The molecule has 5 aromatic rings. The summed E-state index contributed by atoms with van der Waals surface area (Å²) in [5.74, 6) is -0.0146. The summed E-state index contributed by atoms with van der Waals surface area (Å²) in [5, 5.41) is 2.74. The molecule has 0 aliphatic carbocycles. The molecular weight excluding hydrogens is 380 g/mol. The zero-order valence-electron chi connectivity index (χ0n) is 16.2. The number of halogens is 1. The molecule has 0 N–H and O–H groups in total. The molecule has 0 saturated carbocycles. The highest BCUT2D eigenvalue weighted by Crippen LogP contribution is 2.42. The van der Waals surface area contributed by atoms with Crippen LogP contribution in [0.15, 0.2) is 78.9 Å². The molecular formula is C25H19ClN2O. The van der Waals surface area contributed by atoms with Crippen LogP contribution in [-0.2, 0) is 7.05 Å². The molecule has 0 fully saturated rings. The normalized spacial score (nSPS) is 11.4. The van der Waals surface area contributed by atoms with Crippen LogP contribution in [0.4, 0.5) is 0 Å². The third-order valence-corrected chi connectivity index (χ3v) is 5.73. The third kappa shape index (κ3) is 2.70. The Morgan fingerprint density at radius 1 is 0.862 bits per heavy atom. The minimum atomic E-state index is -0.0146. The number of para-hydroxylation sites is 1. The van der Waals surface area contributed by atoms with Crippen molar-refractivity contribution in [1.82, 2.24) is 9.13 Å². The van der Waals surface area contributed by atoms with Gasteiger partial charge >= 0.3 is 0 Å². The minimum absolute atomic E-state index is 0.0146. The number of rotatable bonds is 2. The van der Waals surface area contributed by atoms with E-state index < -0.39 is 0 Å². The maximum atomic E-state index is 12.7. The standard InChI is InChI=1S/C25H19ClN2O/c1-16(29)28-21-11-7-6-10-18(21)14-23(28)24-20-15-19(26)12-13-22(20)27(2)25(24)17-8-4-3-5-9-17/h3-15H,1-2H3. The van der Waals surface area contributed by atoms with Crippen molar-refractivity contribution in [2.75, 3.05) is 0 Å². The molecule has 2 heterocycles. The number of benzene rings is 3. The molecule has 3 aromatic carbocycles. The van der Waals surface area contributed by atoms with E-state index in [2.05, 4.69) is 29.8 Å². The maximum absolute atomic E-state index is 12.7. The van der Waals surface area contributed by atoms with Gasteiger partial charge in [-0.05, 0) is 35.9 Å². The number of nitrogens with zero attached hydrogens (tertiary/aromatic N) is 2.